The molecule has 0 spiro atoms. The largest absolute Gasteiger partial charge is 0.341 e. The number of hydrogen-bond acceptors (Lipinski definition) is 4. The second-order valence-electron chi connectivity index (χ2n) is 5.86. The lowest BCUT2D eigenvalue weighted by Crippen LogP contribution is -2.28. The number of hydrogen-bond donors (Lipinski definition) is 1. The van der Waals surface area contributed by atoms with Crippen LogP contribution in [0.3, 0.4) is 0 Å². The van der Waals surface area contributed by atoms with Gasteiger partial charge in [0.05, 0.1) is 10.6 Å². The lowest BCUT2D eigenvalue weighted by atomic mass is 10.2. The molecule has 130 valence electrons. The van der Waals surface area contributed by atoms with Crippen molar-refractivity contribution in [1.82, 2.24) is 20.0 Å². The molecular formula is C19H22N4OS. The van der Waals surface area contributed by atoms with E-state index in [1.54, 1.807) is 16.2 Å². The zero-order valence-electron chi connectivity index (χ0n) is 14.5. The van der Waals surface area contributed by atoms with Crippen LogP contribution >= 0.6 is 11.3 Å². The third kappa shape index (κ3) is 4.15. The molecule has 5 nitrogen and oxygen atoms in total. The Hall–Kier alpha value is -2.44. The number of nitrogens with zero attached hydrogens (tertiary/aromatic N) is 3. The topological polar surface area (TPSA) is 50.2 Å². The first-order valence-corrected chi connectivity index (χ1v) is 9.13. The van der Waals surface area contributed by atoms with E-state index in [1.165, 1.54) is 0 Å². The fourth-order valence-electron chi connectivity index (χ4n) is 2.63. The molecule has 0 saturated carbocycles. The van der Waals surface area contributed by atoms with E-state index in [0.29, 0.717) is 19.5 Å². The monoisotopic (exact) mass is 354 g/mol. The Balaban J connectivity index is 1.89. The molecule has 0 aliphatic heterocycles. The van der Waals surface area contributed by atoms with Crippen LogP contribution in [0, 0.1) is 0 Å². The summed E-state index contributed by atoms with van der Waals surface area (Å²) in [7, 11) is 3.70. The molecular weight excluding hydrogens is 332 g/mol. The van der Waals surface area contributed by atoms with Crippen molar-refractivity contribution < 1.29 is 4.79 Å². The Bertz CT molecular complexity index is 811. The molecule has 0 radical (unpaired) electrons. The van der Waals surface area contributed by atoms with E-state index in [1.807, 2.05) is 66.8 Å². The van der Waals surface area contributed by atoms with E-state index in [2.05, 4.69) is 11.4 Å². The summed E-state index contributed by atoms with van der Waals surface area (Å²) in [5.74, 6) is 0.124. The highest BCUT2D eigenvalue weighted by atomic mass is 32.1. The number of aromatic nitrogens is 2. The van der Waals surface area contributed by atoms with Gasteiger partial charge in [-0.15, -0.1) is 11.3 Å². The SMILES string of the molecule is CNCCC(=O)N(C)Cc1cn(-c2ccccc2)nc1-c1cccs1. The van der Waals surface area contributed by atoms with Crippen molar-refractivity contribution in [2.75, 3.05) is 20.6 Å². The van der Waals surface area contributed by atoms with E-state index in [-0.39, 0.29) is 5.91 Å². The molecule has 0 fully saturated rings. The molecule has 2 aromatic heterocycles. The zero-order valence-corrected chi connectivity index (χ0v) is 15.3. The normalized spacial score (nSPS) is 10.8. The first-order valence-electron chi connectivity index (χ1n) is 8.25. The van der Waals surface area contributed by atoms with Gasteiger partial charge in [0.2, 0.25) is 5.91 Å². The van der Waals surface area contributed by atoms with Crippen LogP contribution in [-0.4, -0.2) is 41.2 Å². The molecule has 25 heavy (non-hydrogen) atoms. The van der Waals surface area contributed by atoms with Gasteiger partial charge in [0.15, 0.2) is 0 Å². The van der Waals surface area contributed by atoms with Crippen molar-refractivity contribution in [2.45, 2.75) is 13.0 Å². The molecule has 0 saturated heterocycles. The third-order valence-electron chi connectivity index (χ3n) is 3.99. The van der Waals surface area contributed by atoms with E-state index in [4.69, 9.17) is 5.10 Å². The summed E-state index contributed by atoms with van der Waals surface area (Å²) in [6, 6.07) is 14.1. The minimum atomic E-state index is 0.124. The molecule has 0 bridgehead atoms. The van der Waals surface area contributed by atoms with Gasteiger partial charge >= 0.3 is 0 Å². The van der Waals surface area contributed by atoms with Crippen LogP contribution in [0.25, 0.3) is 16.3 Å². The Kier molecular flexibility index (Phi) is 5.63. The molecule has 6 heteroatoms. The average molecular weight is 354 g/mol. The lowest BCUT2D eigenvalue weighted by Gasteiger charge is -2.16. The molecule has 1 N–H and O–H groups in total. The van der Waals surface area contributed by atoms with Crippen LogP contribution in [0.1, 0.15) is 12.0 Å². The van der Waals surface area contributed by atoms with E-state index < -0.39 is 0 Å². The predicted molar refractivity (Wildman–Crippen MR) is 102 cm³/mol. The van der Waals surface area contributed by atoms with Gasteiger partial charge in [0.1, 0.15) is 5.69 Å². The van der Waals surface area contributed by atoms with Crippen LogP contribution in [0.2, 0.25) is 0 Å². The highest BCUT2D eigenvalue weighted by molar-refractivity contribution is 7.13. The van der Waals surface area contributed by atoms with Crippen molar-refractivity contribution in [3.63, 3.8) is 0 Å². The van der Waals surface area contributed by atoms with E-state index in [9.17, 15) is 4.79 Å². The highest BCUT2D eigenvalue weighted by Crippen LogP contribution is 2.28. The van der Waals surface area contributed by atoms with Gasteiger partial charge in [0, 0.05) is 38.3 Å². The summed E-state index contributed by atoms with van der Waals surface area (Å²) < 4.78 is 1.89. The molecule has 0 aliphatic carbocycles. The number of rotatable bonds is 7. The van der Waals surface area contributed by atoms with Gasteiger partial charge in [-0.25, -0.2) is 4.68 Å². The maximum Gasteiger partial charge on any atom is 0.223 e. The highest BCUT2D eigenvalue weighted by Gasteiger charge is 2.17. The van der Waals surface area contributed by atoms with Gasteiger partial charge in [-0.3, -0.25) is 4.79 Å². The molecule has 1 amide bonds. The summed E-state index contributed by atoms with van der Waals surface area (Å²) in [4.78, 5) is 15.1. The Morgan fingerprint density at radius 1 is 1.24 bits per heavy atom. The predicted octanol–water partition coefficient (Wildman–Crippen LogP) is 3.17. The maximum absolute atomic E-state index is 12.2. The van der Waals surface area contributed by atoms with E-state index >= 15 is 0 Å². The maximum atomic E-state index is 12.2. The molecule has 2 heterocycles. The van der Waals surface area contributed by atoms with Crippen LogP contribution in [0.5, 0.6) is 0 Å². The fourth-order valence-corrected chi connectivity index (χ4v) is 3.37. The quantitative estimate of drug-likeness (QED) is 0.709. The molecule has 0 aliphatic rings. The van der Waals surface area contributed by atoms with Crippen LogP contribution in [0.15, 0.2) is 54.0 Å². The lowest BCUT2D eigenvalue weighted by molar-refractivity contribution is -0.130. The van der Waals surface area contributed by atoms with Crippen LogP contribution < -0.4 is 5.32 Å². The summed E-state index contributed by atoms with van der Waals surface area (Å²) >= 11 is 1.66. The van der Waals surface area contributed by atoms with Crippen molar-refractivity contribution in [1.29, 1.82) is 0 Å². The van der Waals surface area contributed by atoms with Crippen LogP contribution in [-0.2, 0) is 11.3 Å². The molecule has 0 unspecified atom stereocenters. The number of thiophene rings is 1. The Morgan fingerprint density at radius 2 is 2.04 bits per heavy atom. The van der Waals surface area contributed by atoms with Gasteiger partial charge in [-0.1, -0.05) is 24.3 Å². The Morgan fingerprint density at radius 3 is 2.72 bits per heavy atom. The van der Waals surface area contributed by atoms with Gasteiger partial charge in [0.25, 0.3) is 0 Å². The average Bonchev–Trinajstić information content (AvgIpc) is 3.30. The van der Waals surface area contributed by atoms with Crippen molar-refractivity contribution in [2.24, 2.45) is 0 Å². The first kappa shape index (κ1) is 17.4. The molecule has 3 aromatic rings. The van der Waals surface area contributed by atoms with Gasteiger partial charge in [-0.05, 0) is 30.6 Å². The van der Waals surface area contributed by atoms with Crippen LogP contribution in [0.4, 0.5) is 0 Å². The first-order chi connectivity index (χ1) is 12.2. The molecule has 0 atom stereocenters. The molecule has 1 aromatic carbocycles. The number of amides is 1. The van der Waals surface area contributed by atoms with Gasteiger partial charge in [-0.2, -0.15) is 5.10 Å². The fraction of sp³-hybridized carbons (Fsp3) is 0.263. The Labute approximate surface area is 151 Å². The summed E-state index contributed by atoms with van der Waals surface area (Å²) in [6.45, 7) is 1.23. The number of nitrogens with one attached hydrogen (secondary N) is 1. The van der Waals surface area contributed by atoms with E-state index in [0.717, 1.165) is 21.8 Å². The summed E-state index contributed by atoms with van der Waals surface area (Å²) in [5, 5.41) is 9.83. The minimum absolute atomic E-state index is 0.124. The van der Waals surface area contributed by atoms with Crippen molar-refractivity contribution >= 4 is 17.2 Å². The number of benzene rings is 1. The second kappa shape index (κ2) is 8.09. The zero-order chi connectivity index (χ0) is 17.6. The number of para-hydroxylation sites is 1. The smallest absolute Gasteiger partial charge is 0.223 e. The van der Waals surface area contributed by atoms with Crippen molar-refractivity contribution in [3.05, 3.63) is 59.6 Å². The molecule has 3 rings (SSSR count). The van der Waals surface area contributed by atoms with Crippen molar-refractivity contribution in [3.8, 4) is 16.3 Å². The number of carbonyl (C=O) groups excluding carboxylic acids is 1. The summed E-state index contributed by atoms with van der Waals surface area (Å²) in [5.41, 5.74) is 2.99. The van der Waals surface area contributed by atoms with Gasteiger partial charge < -0.3 is 10.2 Å². The second-order valence-corrected chi connectivity index (χ2v) is 6.81. The standard InChI is InChI=1S/C19H22N4OS/c1-20-11-10-18(24)22(2)13-15-14-23(16-7-4-3-5-8-16)21-19(15)17-9-6-12-25-17/h3-9,12,14,20H,10-11,13H2,1-2H3. The third-order valence-corrected chi connectivity index (χ3v) is 4.86. The minimum Gasteiger partial charge on any atom is -0.341 e. The summed E-state index contributed by atoms with van der Waals surface area (Å²) in [6.07, 6.45) is 2.51. The number of carbonyl (C=O) groups is 1.